The van der Waals surface area contributed by atoms with Gasteiger partial charge in [0.25, 0.3) is 0 Å². The zero-order valence-corrected chi connectivity index (χ0v) is 14.2. The minimum atomic E-state index is 0.0815. The SMILES string of the molecule is O=C(CSc1nc2ncccc2[nH]1)c1ccc(-c2ccccc2)cc1. The van der Waals surface area contributed by atoms with Crippen molar-refractivity contribution >= 4 is 28.7 Å². The molecule has 0 radical (unpaired) electrons. The summed E-state index contributed by atoms with van der Waals surface area (Å²) in [5.41, 5.74) is 4.51. The molecule has 122 valence electrons. The van der Waals surface area contributed by atoms with Crippen molar-refractivity contribution in [3.05, 3.63) is 78.5 Å². The molecule has 0 aliphatic rings. The first-order chi connectivity index (χ1) is 12.3. The van der Waals surface area contributed by atoms with E-state index >= 15 is 0 Å². The lowest BCUT2D eigenvalue weighted by Crippen LogP contribution is -2.02. The Morgan fingerprint density at radius 3 is 2.44 bits per heavy atom. The number of benzene rings is 2. The largest absolute Gasteiger partial charge is 0.332 e. The van der Waals surface area contributed by atoms with Gasteiger partial charge in [0.05, 0.1) is 11.3 Å². The lowest BCUT2D eigenvalue weighted by atomic mass is 10.0. The van der Waals surface area contributed by atoms with E-state index in [2.05, 4.69) is 27.1 Å². The molecule has 1 N–H and O–H groups in total. The van der Waals surface area contributed by atoms with Crippen LogP contribution in [-0.2, 0) is 0 Å². The van der Waals surface area contributed by atoms with E-state index in [1.54, 1.807) is 6.20 Å². The van der Waals surface area contributed by atoms with E-state index in [-0.39, 0.29) is 5.78 Å². The van der Waals surface area contributed by atoms with Gasteiger partial charge in [-0.2, -0.15) is 0 Å². The normalized spacial score (nSPS) is 10.9. The van der Waals surface area contributed by atoms with Crippen LogP contribution < -0.4 is 0 Å². The Balaban J connectivity index is 1.44. The average Bonchev–Trinajstić information content (AvgIpc) is 3.10. The number of hydrogen-bond donors (Lipinski definition) is 1. The summed E-state index contributed by atoms with van der Waals surface area (Å²) < 4.78 is 0. The number of H-pyrrole nitrogens is 1. The van der Waals surface area contributed by atoms with Crippen LogP contribution in [-0.4, -0.2) is 26.5 Å². The summed E-state index contributed by atoms with van der Waals surface area (Å²) >= 11 is 1.39. The predicted octanol–water partition coefficient (Wildman–Crippen LogP) is 4.60. The van der Waals surface area contributed by atoms with Gasteiger partial charge in [-0.1, -0.05) is 66.4 Å². The molecule has 0 fully saturated rings. The van der Waals surface area contributed by atoms with E-state index in [1.165, 1.54) is 11.8 Å². The topological polar surface area (TPSA) is 58.6 Å². The summed E-state index contributed by atoms with van der Waals surface area (Å²) in [6, 6.07) is 21.6. The maximum atomic E-state index is 12.4. The lowest BCUT2D eigenvalue weighted by molar-refractivity contribution is 0.102. The number of thioether (sulfide) groups is 1. The second-order valence-corrected chi connectivity index (χ2v) is 6.54. The molecule has 0 aliphatic carbocycles. The summed E-state index contributed by atoms with van der Waals surface area (Å²) in [5, 5.41) is 0.711. The predicted molar refractivity (Wildman–Crippen MR) is 101 cm³/mol. The van der Waals surface area contributed by atoms with E-state index in [4.69, 9.17) is 0 Å². The molecule has 2 aromatic carbocycles. The van der Waals surface area contributed by atoms with Crippen molar-refractivity contribution < 1.29 is 4.79 Å². The minimum absolute atomic E-state index is 0.0815. The van der Waals surface area contributed by atoms with Crippen LogP contribution in [0.15, 0.2) is 78.1 Å². The van der Waals surface area contributed by atoms with Crippen molar-refractivity contribution in [2.24, 2.45) is 0 Å². The summed E-state index contributed by atoms with van der Waals surface area (Å²) in [6.45, 7) is 0. The summed E-state index contributed by atoms with van der Waals surface area (Å²) in [5.74, 6) is 0.419. The van der Waals surface area contributed by atoms with Gasteiger partial charge in [-0.3, -0.25) is 4.79 Å². The molecule has 0 saturated heterocycles. The number of rotatable bonds is 5. The number of nitrogens with zero attached hydrogens (tertiary/aromatic N) is 2. The quantitative estimate of drug-likeness (QED) is 0.424. The maximum absolute atomic E-state index is 12.4. The molecular formula is C20H15N3OS. The van der Waals surface area contributed by atoms with Crippen molar-refractivity contribution in [1.82, 2.24) is 15.0 Å². The third kappa shape index (κ3) is 3.46. The van der Waals surface area contributed by atoms with Crippen LogP contribution in [0.25, 0.3) is 22.3 Å². The number of aromatic nitrogens is 3. The third-order valence-electron chi connectivity index (χ3n) is 3.89. The molecule has 0 unspecified atom stereocenters. The maximum Gasteiger partial charge on any atom is 0.178 e. The monoisotopic (exact) mass is 345 g/mol. The molecule has 0 aliphatic heterocycles. The van der Waals surface area contributed by atoms with Gasteiger partial charge in [0.1, 0.15) is 0 Å². The Hall–Kier alpha value is -2.92. The fourth-order valence-electron chi connectivity index (χ4n) is 2.59. The van der Waals surface area contributed by atoms with E-state index in [0.29, 0.717) is 22.1 Å². The number of imidazole rings is 1. The van der Waals surface area contributed by atoms with Crippen LogP contribution >= 0.6 is 11.8 Å². The number of ketones is 1. The highest BCUT2D eigenvalue weighted by Gasteiger charge is 2.10. The van der Waals surface area contributed by atoms with Gasteiger partial charge >= 0.3 is 0 Å². The van der Waals surface area contributed by atoms with Crippen molar-refractivity contribution in [1.29, 1.82) is 0 Å². The molecular weight excluding hydrogens is 330 g/mol. The number of carbonyl (C=O) groups excluding carboxylic acids is 1. The minimum Gasteiger partial charge on any atom is -0.332 e. The number of pyridine rings is 1. The van der Waals surface area contributed by atoms with Gasteiger partial charge in [0.15, 0.2) is 16.6 Å². The lowest BCUT2D eigenvalue weighted by Gasteiger charge is -2.03. The fourth-order valence-corrected chi connectivity index (χ4v) is 3.36. The van der Waals surface area contributed by atoms with E-state index in [9.17, 15) is 4.79 Å². The van der Waals surface area contributed by atoms with Gasteiger partial charge in [-0.25, -0.2) is 9.97 Å². The Bertz CT molecular complexity index is 977. The zero-order valence-electron chi connectivity index (χ0n) is 13.3. The van der Waals surface area contributed by atoms with Crippen molar-refractivity contribution in [2.75, 3.05) is 5.75 Å². The molecule has 0 spiro atoms. The smallest absolute Gasteiger partial charge is 0.178 e. The Kier molecular flexibility index (Phi) is 4.31. The van der Waals surface area contributed by atoms with E-state index in [1.807, 2.05) is 54.6 Å². The van der Waals surface area contributed by atoms with Gasteiger partial charge in [-0.15, -0.1) is 0 Å². The van der Waals surface area contributed by atoms with E-state index in [0.717, 1.165) is 16.6 Å². The van der Waals surface area contributed by atoms with E-state index < -0.39 is 0 Å². The van der Waals surface area contributed by atoms with Crippen LogP contribution in [0.5, 0.6) is 0 Å². The van der Waals surface area contributed by atoms with Crippen LogP contribution in [0.3, 0.4) is 0 Å². The standard InChI is InChI=1S/C20H15N3OS/c24-18(13-25-20-22-17-7-4-12-21-19(17)23-20)16-10-8-15(9-11-16)14-5-2-1-3-6-14/h1-12H,13H2,(H,21,22,23). The molecule has 2 aromatic heterocycles. The highest BCUT2D eigenvalue weighted by Crippen LogP contribution is 2.22. The number of aromatic amines is 1. The second kappa shape index (κ2) is 6.91. The highest BCUT2D eigenvalue weighted by molar-refractivity contribution is 7.99. The van der Waals surface area contributed by atoms with Gasteiger partial charge in [-0.05, 0) is 23.3 Å². The molecule has 0 atom stereocenters. The second-order valence-electron chi connectivity index (χ2n) is 5.57. The third-order valence-corrected chi connectivity index (χ3v) is 4.76. The van der Waals surface area contributed by atoms with Crippen molar-refractivity contribution in [3.63, 3.8) is 0 Å². The Morgan fingerprint density at radius 1 is 0.920 bits per heavy atom. The van der Waals surface area contributed by atoms with Gasteiger partial charge < -0.3 is 4.98 Å². The summed E-state index contributed by atoms with van der Waals surface area (Å²) in [7, 11) is 0. The van der Waals surface area contributed by atoms with Crippen LogP contribution in [0.2, 0.25) is 0 Å². The zero-order chi connectivity index (χ0) is 17.1. The number of hydrogen-bond acceptors (Lipinski definition) is 4. The van der Waals surface area contributed by atoms with Crippen LogP contribution in [0.4, 0.5) is 0 Å². The van der Waals surface area contributed by atoms with Crippen LogP contribution in [0.1, 0.15) is 10.4 Å². The number of nitrogens with one attached hydrogen (secondary N) is 1. The van der Waals surface area contributed by atoms with Gasteiger partial charge in [0, 0.05) is 11.8 Å². The first-order valence-electron chi connectivity index (χ1n) is 7.92. The number of carbonyl (C=O) groups is 1. The molecule has 4 aromatic rings. The highest BCUT2D eigenvalue weighted by atomic mass is 32.2. The molecule has 0 amide bonds. The van der Waals surface area contributed by atoms with Crippen LogP contribution in [0, 0.1) is 0 Å². The molecule has 0 saturated carbocycles. The van der Waals surface area contributed by atoms with Crippen molar-refractivity contribution in [2.45, 2.75) is 5.16 Å². The van der Waals surface area contributed by atoms with Crippen molar-refractivity contribution in [3.8, 4) is 11.1 Å². The first-order valence-corrected chi connectivity index (χ1v) is 8.90. The summed E-state index contributed by atoms with van der Waals surface area (Å²) in [6.07, 6.45) is 1.71. The van der Waals surface area contributed by atoms with Gasteiger partial charge in [0.2, 0.25) is 0 Å². The average molecular weight is 345 g/mol. The molecule has 2 heterocycles. The fraction of sp³-hybridized carbons (Fsp3) is 0.0500. The first kappa shape index (κ1) is 15.6. The molecule has 0 bridgehead atoms. The summed E-state index contributed by atoms with van der Waals surface area (Å²) in [4.78, 5) is 24.1. The number of Topliss-reactive ketones (excluding diaryl/α,β-unsaturated/α-hetero) is 1. The molecule has 4 rings (SSSR count). The Labute approximate surface area is 149 Å². The molecule has 4 nitrogen and oxygen atoms in total. The molecule has 25 heavy (non-hydrogen) atoms. The number of fused-ring (bicyclic) bond motifs is 1. The Morgan fingerprint density at radius 2 is 1.68 bits per heavy atom. The molecule has 5 heteroatoms.